The van der Waals surface area contributed by atoms with Crippen LogP contribution in [0, 0.1) is 0 Å². The molecule has 2 amide bonds. The van der Waals surface area contributed by atoms with Crippen molar-refractivity contribution in [2.75, 3.05) is 11.4 Å². The van der Waals surface area contributed by atoms with Gasteiger partial charge in [-0.3, -0.25) is 14.3 Å². The first-order chi connectivity index (χ1) is 9.65. The largest absolute Gasteiger partial charge is 0.343 e. The molecule has 1 aliphatic heterocycles. The first-order valence-electron chi connectivity index (χ1n) is 6.30. The van der Waals surface area contributed by atoms with E-state index >= 15 is 0 Å². The number of nitrogens with one attached hydrogen (secondary N) is 1. The third kappa shape index (κ3) is 2.16. The Balaban J connectivity index is 2.01. The first-order valence-corrected chi connectivity index (χ1v) is 6.30. The van der Waals surface area contributed by atoms with Crippen molar-refractivity contribution in [3.05, 3.63) is 47.8 Å². The van der Waals surface area contributed by atoms with Crippen LogP contribution in [-0.4, -0.2) is 28.1 Å². The fraction of sp³-hybridized carbons (Fsp3) is 0.214. The average Bonchev–Trinajstić information content (AvgIpc) is 2.82. The molecule has 0 radical (unpaired) electrons. The maximum Gasteiger partial charge on any atom is 0.253 e. The van der Waals surface area contributed by atoms with Crippen molar-refractivity contribution >= 4 is 17.5 Å². The van der Waals surface area contributed by atoms with Gasteiger partial charge in [0.2, 0.25) is 5.91 Å². The zero-order chi connectivity index (χ0) is 14.1. The summed E-state index contributed by atoms with van der Waals surface area (Å²) in [5, 5.41) is 6.72. The number of rotatable bonds is 2. The van der Waals surface area contributed by atoms with Crippen LogP contribution in [0.15, 0.2) is 36.7 Å². The van der Waals surface area contributed by atoms with Crippen LogP contribution < -0.4 is 10.2 Å². The van der Waals surface area contributed by atoms with Gasteiger partial charge in [0.25, 0.3) is 5.91 Å². The molecule has 1 aromatic carbocycles. The molecular weight excluding hydrogens is 256 g/mol. The Kier molecular flexibility index (Phi) is 2.98. The first kappa shape index (κ1) is 12.4. The van der Waals surface area contributed by atoms with Gasteiger partial charge in [0.05, 0.1) is 30.5 Å². The Hall–Kier alpha value is -2.63. The number of aryl methyl sites for hydroxylation is 1. The number of carbonyl (C=O) groups is 2. The van der Waals surface area contributed by atoms with E-state index in [9.17, 15) is 9.59 Å². The second kappa shape index (κ2) is 4.80. The summed E-state index contributed by atoms with van der Waals surface area (Å²) >= 11 is 0. The van der Waals surface area contributed by atoms with Gasteiger partial charge in [0.15, 0.2) is 0 Å². The Bertz CT molecular complexity index is 677. The van der Waals surface area contributed by atoms with E-state index in [1.54, 1.807) is 34.0 Å². The number of fused-ring (bicyclic) bond motifs is 1. The summed E-state index contributed by atoms with van der Waals surface area (Å²) in [6.07, 6.45) is 3.58. The lowest BCUT2D eigenvalue weighted by Crippen LogP contribution is -2.35. The second-order valence-corrected chi connectivity index (χ2v) is 4.70. The van der Waals surface area contributed by atoms with Crippen LogP contribution in [0.25, 0.3) is 0 Å². The maximum atomic E-state index is 12.2. The lowest BCUT2D eigenvalue weighted by molar-refractivity contribution is -0.117. The van der Waals surface area contributed by atoms with Crippen LogP contribution in [0.2, 0.25) is 0 Å². The molecule has 0 spiro atoms. The summed E-state index contributed by atoms with van der Waals surface area (Å²) in [6, 6.07) is 7.12. The van der Waals surface area contributed by atoms with E-state index in [0.29, 0.717) is 17.8 Å². The molecule has 0 bridgehead atoms. The minimum Gasteiger partial charge on any atom is -0.343 e. The molecule has 0 saturated carbocycles. The van der Waals surface area contributed by atoms with E-state index in [1.165, 1.54) is 0 Å². The predicted molar refractivity (Wildman–Crippen MR) is 73.2 cm³/mol. The second-order valence-electron chi connectivity index (χ2n) is 4.70. The molecule has 1 aromatic heterocycles. The summed E-state index contributed by atoms with van der Waals surface area (Å²) in [5.41, 5.74) is 2.07. The number of hydrogen-bond acceptors (Lipinski definition) is 3. The van der Waals surface area contributed by atoms with Crippen molar-refractivity contribution in [2.24, 2.45) is 7.05 Å². The summed E-state index contributed by atoms with van der Waals surface area (Å²) < 4.78 is 1.69. The topological polar surface area (TPSA) is 67.2 Å². The van der Waals surface area contributed by atoms with Crippen LogP contribution in [0.3, 0.4) is 0 Å². The summed E-state index contributed by atoms with van der Waals surface area (Å²) in [6.45, 7) is 0.409. The van der Waals surface area contributed by atoms with Crippen LogP contribution in [0.1, 0.15) is 15.9 Å². The molecule has 0 unspecified atom stereocenters. The Morgan fingerprint density at radius 2 is 2.10 bits per heavy atom. The lowest BCUT2D eigenvalue weighted by Gasteiger charge is -2.21. The number of para-hydroxylation sites is 1. The van der Waals surface area contributed by atoms with Crippen LogP contribution in [0.5, 0.6) is 0 Å². The van der Waals surface area contributed by atoms with Crippen molar-refractivity contribution in [3.63, 3.8) is 0 Å². The lowest BCUT2D eigenvalue weighted by atomic mass is 10.1. The van der Waals surface area contributed by atoms with Crippen LogP contribution in [0.4, 0.5) is 5.69 Å². The Morgan fingerprint density at radius 3 is 2.85 bits per heavy atom. The molecule has 2 aromatic rings. The van der Waals surface area contributed by atoms with Crippen molar-refractivity contribution in [1.29, 1.82) is 0 Å². The fourth-order valence-electron chi connectivity index (χ4n) is 2.29. The van der Waals surface area contributed by atoms with Gasteiger partial charge in [0.1, 0.15) is 0 Å². The minimum absolute atomic E-state index is 0.00771. The standard InChI is InChI=1S/C14H14N4O2/c1-17-8-10(6-16-17)9-18-12-5-3-2-4-11(12)14(20)15-7-13(18)19/h2-6,8H,7,9H2,1H3,(H,15,20). The van der Waals surface area contributed by atoms with Crippen molar-refractivity contribution in [2.45, 2.75) is 6.54 Å². The van der Waals surface area contributed by atoms with E-state index in [-0.39, 0.29) is 18.4 Å². The molecule has 2 heterocycles. The molecule has 3 rings (SSSR count). The predicted octanol–water partition coefficient (Wildman–Crippen LogP) is 0.697. The third-order valence-corrected chi connectivity index (χ3v) is 3.24. The third-order valence-electron chi connectivity index (χ3n) is 3.24. The molecule has 0 saturated heterocycles. The normalized spacial score (nSPS) is 14.8. The molecule has 0 fully saturated rings. The minimum atomic E-state index is -0.220. The monoisotopic (exact) mass is 270 g/mol. The van der Waals surface area contributed by atoms with E-state index in [2.05, 4.69) is 10.4 Å². The number of benzene rings is 1. The SMILES string of the molecule is Cn1cc(CN2C(=O)CNC(=O)c3ccccc32)cn1. The van der Waals surface area contributed by atoms with Gasteiger partial charge in [-0.05, 0) is 12.1 Å². The number of hydrogen-bond donors (Lipinski definition) is 1. The number of amides is 2. The summed E-state index contributed by atoms with van der Waals surface area (Å²) in [4.78, 5) is 25.8. The molecule has 6 nitrogen and oxygen atoms in total. The van der Waals surface area contributed by atoms with E-state index in [4.69, 9.17) is 0 Å². The van der Waals surface area contributed by atoms with Gasteiger partial charge in [-0.1, -0.05) is 12.1 Å². The van der Waals surface area contributed by atoms with Gasteiger partial charge >= 0.3 is 0 Å². The van der Waals surface area contributed by atoms with Crippen molar-refractivity contribution in [1.82, 2.24) is 15.1 Å². The quantitative estimate of drug-likeness (QED) is 0.873. The molecule has 1 aliphatic rings. The van der Waals surface area contributed by atoms with Gasteiger partial charge < -0.3 is 10.2 Å². The fourth-order valence-corrected chi connectivity index (χ4v) is 2.29. The molecule has 1 N–H and O–H groups in total. The highest BCUT2D eigenvalue weighted by Crippen LogP contribution is 2.24. The molecular formula is C14H14N4O2. The highest BCUT2D eigenvalue weighted by molar-refractivity contribution is 6.09. The summed E-state index contributed by atoms with van der Waals surface area (Å²) in [5.74, 6) is -0.352. The van der Waals surface area contributed by atoms with Crippen molar-refractivity contribution < 1.29 is 9.59 Å². The Morgan fingerprint density at radius 1 is 1.30 bits per heavy atom. The smallest absolute Gasteiger partial charge is 0.253 e. The van der Waals surface area contributed by atoms with Gasteiger partial charge in [0, 0.05) is 18.8 Å². The van der Waals surface area contributed by atoms with E-state index in [1.807, 2.05) is 19.3 Å². The average molecular weight is 270 g/mol. The van der Waals surface area contributed by atoms with Crippen LogP contribution >= 0.6 is 0 Å². The Labute approximate surface area is 116 Å². The number of carbonyl (C=O) groups excluding carboxylic acids is 2. The molecule has 102 valence electrons. The summed E-state index contributed by atoms with van der Waals surface area (Å²) in [7, 11) is 1.83. The zero-order valence-corrected chi connectivity index (χ0v) is 11.0. The van der Waals surface area contributed by atoms with Gasteiger partial charge in [-0.15, -0.1) is 0 Å². The number of nitrogens with zero attached hydrogens (tertiary/aromatic N) is 3. The van der Waals surface area contributed by atoms with Gasteiger partial charge in [-0.25, -0.2) is 0 Å². The van der Waals surface area contributed by atoms with Crippen LogP contribution in [-0.2, 0) is 18.4 Å². The molecule has 6 heteroatoms. The number of aromatic nitrogens is 2. The highest BCUT2D eigenvalue weighted by Gasteiger charge is 2.26. The molecule has 20 heavy (non-hydrogen) atoms. The van der Waals surface area contributed by atoms with Gasteiger partial charge in [-0.2, -0.15) is 5.10 Å². The molecule has 0 atom stereocenters. The van der Waals surface area contributed by atoms with Crippen molar-refractivity contribution in [3.8, 4) is 0 Å². The maximum absolute atomic E-state index is 12.2. The number of anilines is 1. The van der Waals surface area contributed by atoms with E-state index < -0.39 is 0 Å². The molecule has 0 aliphatic carbocycles. The zero-order valence-electron chi connectivity index (χ0n) is 11.0. The highest BCUT2D eigenvalue weighted by atomic mass is 16.2. The van der Waals surface area contributed by atoms with E-state index in [0.717, 1.165) is 5.56 Å².